The number of hydrogen-bond donors (Lipinski definition) is 2. The standard InChI is InChI=1S/C18H16N4O3S/c1-11-3-5-14(12(2)7-11)15-10-26-18(20-15)21-19-9-13-4-6-17(23)16(8-13)22(24)25/h3-10,23H,1-2H3,(H,20,21)/b19-9-. The fourth-order valence-electron chi connectivity index (χ4n) is 2.48. The maximum absolute atomic E-state index is 10.8. The summed E-state index contributed by atoms with van der Waals surface area (Å²) in [6, 6.07) is 10.3. The molecule has 0 aliphatic heterocycles. The molecular formula is C18H16N4O3S. The van der Waals surface area contributed by atoms with Crippen LogP contribution in [-0.2, 0) is 0 Å². The molecule has 8 heteroatoms. The lowest BCUT2D eigenvalue weighted by atomic mass is 10.0. The first-order chi connectivity index (χ1) is 12.4. The highest BCUT2D eigenvalue weighted by Crippen LogP contribution is 2.28. The van der Waals surface area contributed by atoms with Crippen LogP contribution in [-0.4, -0.2) is 21.2 Å². The van der Waals surface area contributed by atoms with E-state index < -0.39 is 4.92 Å². The number of nitro groups is 1. The van der Waals surface area contributed by atoms with Crippen LogP contribution in [0.2, 0.25) is 0 Å². The van der Waals surface area contributed by atoms with Crippen molar-refractivity contribution in [2.75, 3.05) is 5.43 Å². The maximum Gasteiger partial charge on any atom is 0.311 e. The van der Waals surface area contributed by atoms with Crippen LogP contribution in [0.3, 0.4) is 0 Å². The van der Waals surface area contributed by atoms with Crippen molar-refractivity contribution in [3.63, 3.8) is 0 Å². The summed E-state index contributed by atoms with van der Waals surface area (Å²) in [5, 5.41) is 26.9. The quantitative estimate of drug-likeness (QED) is 0.393. The molecule has 0 saturated heterocycles. The zero-order valence-corrected chi connectivity index (χ0v) is 14.9. The minimum atomic E-state index is -0.642. The van der Waals surface area contributed by atoms with Crippen LogP contribution < -0.4 is 5.43 Å². The van der Waals surface area contributed by atoms with Crippen molar-refractivity contribution in [2.45, 2.75) is 13.8 Å². The highest BCUT2D eigenvalue weighted by atomic mass is 32.1. The Balaban J connectivity index is 1.73. The van der Waals surface area contributed by atoms with Crippen molar-refractivity contribution in [2.24, 2.45) is 5.10 Å². The van der Waals surface area contributed by atoms with Crippen molar-refractivity contribution < 1.29 is 10.0 Å². The van der Waals surface area contributed by atoms with E-state index in [0.29, 0.717) is 10.7 Å². The van der Waals surface area contributed by atoms with Crippen LogP contribution in [0.1, 0.15) is 16.7 Å². The van der Waals surface area contributed by atoms with Crippen LogP contribution in [0.5, 0.6) is 5.75 Å². The van der Waals surface area contributed by atoms with Gasteiger partial charge in [-0.05, 0) is 31.5 Å². The van der Waals surface area contributed by atoms with Gasteiger partial charge in [0.2, 0.25) is 5.13 Å². The van der Waals surface area contributed by atoms with Gasteiger partial charge in [0.25, 0.3) is 0 Å². The number of anilines is 1. The molecule has 26 heavy (non-hydrogen) atoms. The molecule has 3 aromatic rings. The summed E-state index contributed by atoms with van der Waals surface area (Å²) in [4.78, 5) is 14.7. The maximum atomic E-state index is 10.8. The molecule has 0 fully saturated rings. The number of nitro benzene ring substituents is 1. The van der Waals surface area contributed by atoms with Crippen molar-refractivity contribution in [3.8, 4) is 17.0 Å². The molecule has 0 aliphatic carbocycles. The lowest BCUT2D eigenvalue weighted by Crippen LogP contribution is -1.93. The predicted octanol–water partition coefficient (Wildman–Crippen LogP) is 4.49. The number of nitrogens with zero attached hydrogens (tertiary/aromatic N) is 3. The van der Waals surface area contributed by atoms with E-state index in [4.69, 9.17) is 0 Å². The Bertz CT molecular complexity index is 998. The molecule has 2 N–H and O–H groups in total. The third-order valence-corrected chi connectivity index (χ3v) is 4.48. The topological polar surface area (TPSA) is 101 Å². The number of benzene rings is 2. The third-order valence-electron chi connectivity index (χ3n) is 3.73. The molecule has 0 radical (unpaired) electrons. The van der Waals surface area contributed by atoms with Crippen LogP contribution in [0.15, 0.2) is 46.9 Å². The van der Waals surface area contributed by atoms with Gasteiger partial charge in [0, 0.05) is 22.6 Å². The lowest BCUT2D eigenvalue weighted by molar-refractivity contribution is -0.385. The number of rotatable bonds is 5. The van der Waals surface area contributed by atoms with Gasteiger partial charge in [-0.2, -0.15) is 5.10 Å². The Morgan fingerprint density at radius 2 is 2.08 bits per heavy atom. The molecule has 0 aliphatic rings. The Hall–Kier alpha value is -3.26. The Labute approximate surface area is 153 Å². The second kappa shape index (κ2) is 7.32. The first-order valence-electron chi connectivity index (χ1n) is 7.73. The SMILES string of the molecule is Cc1ccc(-c2csc(N/N=C\c3ccc(O)c([N+](=O)[O-])c3)n2)c(C)c1. The van der Waals surface area contributed by atoms with Crippen LogP contribution >= 0.6 is 11.3 Å². The Morgan fingerprint density at radius 1 is 1.27 bits per heavy atom. The third kappa shape index (κ3) is 3.86. The normalized spacial score (nSPS) is 11.0. The summed E-state index contributed by atoms with van der Waals surface area (Å²) < 4.78 is 0. The number of hydrogen-bond acceptors (Lipinski definition) is 7. The number of nitrogens with one attached hydrogen (secondary N) is 1. The van der Waals surface area contributed by atoms with Crippen LogP contribution in [0.4, 0.5) is 10.8 Å². The van der Waals surface area contributed by atoms with Crippen molar-refractivity contribution in [1.29, 1.82) is 0 Å². The number of hydrazone groups is 1. The highest BCUT2D eigenvalue weighted by Gasteiger charge is 2.12. The molecule has 132 valence electrons. The molecule has 0 spiro atoms. The van der Waals surface area contributed by atoms with E-state index in [1.165, 1.54) is 41.3 Å². The van der Waals surface area contributed by atoms with Gasteiger partial charge >= 0.3 is 5.69 Å². The zero-order chi connectivity index (χ0) is 18.7. The lowest BCUT2D eigenvalue weighted by Gasteiger charge is -2.03. The smallest absolute Gasteiger partial charge is 0.311 e. The van der Waals surface area contributed by atoms with E-state index in [1.807, 2.05) is 31.4 Å². The summed E-state index contributed by atoms with van der Waals surface area (Å²) >= 11 is 1.42. The first-order valence-corrected chi connectivity index (χ1v) is 8.61. The van der Waals surface area contributed by atoms with E-state index in [9.17, 15) is 15.2 Å². The average Bonchev–Trinajstić information content (AvgIpc) is 3.04. The average molecular weight is 368 g/mol. The molecule has 7 nitrogen and oxygen atoms in total. The van der Waals surface area contributed by atoms with Gasteiger partial charge in [0.15, 0.2) is 5.75 Å². The van der Waals surface area contributed by atoms with Crippen molar-refractivity contribution in [1.82, 2.24) is 4.98 Å². The molecule has 0 atom stereocenters. The van der Waals surface area contributed by atoms with Gasteiger partial charge in [-0.25, -0.2) is 4.98 Å². The van der Waals surface area contributed by atoms with Gasteiger partial charge in [0.1, 0.15) is 0 Å². The highest BCUT2D eigenvalue weighted by molar-refractivity contribution is 7.14. The number of phenols is 1. The summed E-state index contributed by atoms with van der Waals surface area (Å²) in [5.41, 5.74) is 7.24. The zero-order valence-electron chi connectivity index (χ0n) is 14.1. The number of thiazole rings is 1. The molecule has 2 aromatic carbocycles. The molecular weight excluding hydrogens is 352 g/mol. The number of aryl methyl sites for hydroxylation is 2. The largest absolute Gasteiger partial charge is 0.502 e. The number of aromatic nitrogens is 1. The minimum Gasteiger partial charge on any atom is -0.502 e. The van der Waals surface area contributed by atoms with Crippen LogP contribution in [0.25, 0.3) is 11.3 Å². The molecule has 0 unspecified atom stereocenters. The van der Waals surface area contributed by atoms with E-state index >= 15 is 0 Å². The van der Waals surface area contributed by atoms with Crippen molar-refractivity contribution >= 4 is 28.4 Å². The van der Waals surface area contributed by atoms with Gasteiger partial charge in [-0.15, -0.1) is 11.3 Å². The van der Waals surface area contributed by atoms with E-state index in [0.717, 1.165) is 16.8 Å². The first kappa shape index (κ1) is 17.6. The minimum absolute atomic E-state index is 0.361. The predicted molar refractivity (Wildman–Crippen MR) is 103 cm³/mol. The number of phenolic OH excluding ortho intramolecular Hbond substituents is 1. The van der Waals surface area contributed by atoms with Gasteiger partial charge in [-0.3, -0.25) is 15.5 Å². The van der Waals surface area contributed by atoms with E-state index in [1.54, 1.807) is 0 Å². The van der Waals surface area contributed by atoms with Gasteiger partial charge in [0.05, 0.1) is 16.8 Å². The second-order valence-electron chi connectivity index (χ2n) is 5.73. The molecule has 0 saturated carbocycles. The fraction of sp³-hybridized carbons (Fsp3) is 0.111. The molecule has 0 bridgehead atoms. The summed E-state index contributed by atoms with van der Waals surface area (Å²) in [5.74, 6) is -0.377. The molecule has 3 rings (SSSR count). The number of aromatic hydroxyl groups is 1. The second-order valence-corrected chi connectivity index (χ2v) is 6.59. The van der Waals surface area contributed by atoms with E-state index in [-0.39, 0.29) is 11.4 Å². The summed E-state index contributed by atoms with van der Waals surface area (Å²) in [7, 11) is 0. The Kier molecular flexibility index (Phi) is 4.94. The molecule has 0 amide bonds. The van der Waals surface area contributed by atoms with E-state index in [2.05, 4.69) is 21.6 Å². The monoisotopic (exact) mass is 368 g/mol. The molecule has 1 aromatic heterocycles. The fourth-order valence-corrected chi connectivity index (χ4v) is 3.14. The molecule has 1 heterocycles. The summed E-state index contributed by atoms with van der Waals surface area (Å²) in [6.45, 7) is 4.10. The van der Waals surface area contributed by atoms with Crippen molar-refractivity contribution in [3.05, 3.63) is 68.6 Å². The van der Waals surface area contributed by atoms with Gasteiger partial charge < -0.3 is 5.11 Å². The van der Waals surface area contributed by atoms with Gasteiger partial charge in [-0.1, -0.05) is 23.8 Å². The Morgan fingerprint density at radius 3 is 2.81 bits per heavy atom. The van der Waals surface area contributed by atoms with Crippen LogP contribution in [0, 0.1) is 24.0 Å². The summed E-state index contributed by atoms with van der Waals surface area (Å²) in [6.07, 6.45) is 1.44.